The average molecular weight is 321 g/mol. The number of halogens is 1. The van der Waals surface area contributed by atoms with Crippen LogP contribution in [-0.2, 0) is 4.79 Å². The minimum absolute atomic E-state index is 0.0485. The van der Waals surface area contributed by atoms with Gasteiger partial charge in [-0.05, 0) is 30.7 Å². The number of amides is 1. The molecule has 6 heteroatoms. The van der Waals surface area contributed by atoms with Crippen molar-refractivity contribution in [2.75, 3.05) is 0 Å². The summed E-state index contributed by atoms with van der Waals surface area (Å²) in [7, 11) is 0. The fraction of sp³-hybridized carbons (Fsp3) is 0.312. The van der Waals surface area contributed by atoms with Crippen LogP contribution in [0.4, 0.5) is 0 Å². The lowest BCUT2D eigenvalue weighted by atomic mass is 9.89. The third-order valence-electron chi connectivity index (χ3n) is 2.96. The summed E-state index contributed by atoms with van der Waals surface area (Å²) in [5.74, 6) is -0.540. The van der Waals surface area contributed by atoms with E-state index in [1.54, 1.807) is 19.1 Å². The van der Waals surface area contributed by atoms with Gasteiger partial charge in [0.05, 0.1) is 5.71 Å². The number of nitrogens with two attached hydrogens (primary N) is 1. The zero-order valence-electron chi connectivity index (χ0n) is 13.2. The highest BCUT2D eigenvalue weighted by atomic mass is 35.5. The molecular formula is C16H21ClN4O. The molecule has 1 rings (SSSR count). The lowest BCUT2D eigenvalue weighted by Gasteiger charge is -2.17. The van der Waals surface area contributed by atoms with E-state index in [1.807, 2.05) is 32.9 Å². The van der Waals surface area contributed by atoms with Gasteiger partial charge in [0.2, 0.25) is 0 Å². The first kappa shape index (κ1) is 17.9. The van der Waals surface area contributed by atoms with Crippen LogP contribution in [0.2, 0.25) is 5.02 Å². The summed E-state index contributed by atoms with van der Waals surface area (Å²) in [5, 5.41) is 12.5. The molecule has 0 radical (unpaired) electrons. The maximum atomic E-state index is 11.9. The minimum Gasteiger partial charge on any atom is -0.394 e. The predicted octanol–water partition coefficient (Wildman–Crippen LogP) is 3.09. The molecule has 0 aliphatic rings. The fourth-order valence-corrected chi connectivity index (χ4v) is 1.52. The predicted molar refractivity (Wildman–Crippen MR) is 91.3 cm³/mol. The van der Waals surface area contributed by atoms with E-state index in [0.717, 1.165) is 5.56 Å². The molecule has 0 bridgehead atoms. The van der Waals surface area contributed by atoms with E-state index in [2.05, 4.69) is 10.5 Å². The van der Waals surface area contributed by atoms with Crippen molar-refractivity contribution in [2.24, 2.45) is 16.3 Å². The number of carbonyl (C=O) groups excluding carboxylic acids is 1. The van der Waals surface area contributed by atoms with Crippen molar-refractivity contribution in [1.82, 2.24) is 5.43 Å². The molecule has 0 aliphatic heterocycles. The van der Waals surface area contributed by atoms with E-state index in [0.29, 0.717) is 10.7 Å². The quantitative estimate of drug-likeness (QED) is 0.452. The van der Waals surface area contributed by atoms with Crippen LogP contribution in [0.5, 0.6) is 0 Å². The number of carbonyl (C=O) groups is 1. The van der Waals surface area contributed by atoms with Crippen molar-refractivity contribution < 1.29 is 4.79 Å². The van der Waals surface area contributed by atoms with Crippen molar-refractivity contribution in [3.05, 3.63) is 46.6 Å². The van der Waals surface area contributed by atoms with Gasteiger partial charge in [-0.15, -0.1) is 0 Å². The monoisotopic (exact) mass is 320 g/mol. The van der Waals surface area contributed by atoms with Gasteiger partial charge in [-0.25, -0.2) is 5.43 Å². The average Bonchev–Trinajstić information content (AvgIpc) is 2.43. The molecule has 1 aromatic carbocycles. The first-order chi connectivity index (χ1) is 10.1. The highest BCUT2D eigenvalue weighted by molar-refractivity contribution is 6.30. The molecule has 0 atom stereocenters. The number of benzene rings is 1. The largest absolute Gasteiger partial charge is 0.394 e. The van der Waals surface area contributed by atoms with Gasteiger partial charge in [-0.1, -0.05) is 44.5 Å². The Balaban J connectivity index is 2.76. The second kappa shape index (κ2) is 7.22. The molecule has 22 heavy (non-hydrogen) atoms. The third-order valence-corrected chi connectivity index (χ3v) is 3.21. The van der Waals surface area contributed by atoms with E-state index in [4.69, 9.17) is 22.7 Å². The van der Waals surface area contributed by atoms with E-state index in [9.17, 15) is 4.79 Å². The van der Waals surface area contributed by atoms with Crippen molar-refractivity contribution >= 4 is 28.9 Å². The van der Waals surface area contributed by atoms with Crippen LogP contribution < -0.4 is 11.2 Å². The zero-order chi connectivity index (χ0) is 16.9. The molecular weight excluding hydrogens is 300 g/mol. The maximum absolute atomic E-state index is 11.9. The van der Waals surface area contributed by atoms with Crippen molar-refractivity contribution in [3.8, 4) is 0 Å². The topological polar surface area (TPSA) is 91.3 Å². The van der Waals surface area contributed by atoms with Crippen molar-refractivity contribution in [1.29, 1.82) is 5.41 Å². The van der Waals surface area contributed by atoms with Crippen LogP contribution in [0, 0.1) is 10.8 Å². The van der Waals surface area contributed by atoms with Gasteiger partial charge in [-0.2, -0.15) is 5.10 Å². The Hall–Kier alpha value is -2.14. The first-order valence-corrected chi connectivity index (χ1v) is 7.16. The van der Waals surface area contributed by atoms with Crippen LogP contribution in [0.15, 0.2) is 41.1 Å². The highest BCUT2D eigenvalue weighted by Crippen LogP contribution is 2.16. The van der Waals surface area contributed by atoms with Gasteiger partial charge in [0.25, 0.3) is 5.91 Å². The van der Waals surface area contributed by atoms with Gasteiger partial charge < -0.3 is 11.1 Å². The lowest BCUT2D eigenvalue weighted by molar-refractivity contribution is -0.117. The molecule has 1 amide bonds. The smallest absolute Gasteiger partial charge is 0.287 e. The Kier molecular flexibility index (Phi) is 5.88. The summed E-state index contributed by atoms with van der Waals surface area (Å²) in [6, 6.07) is 7.11. The van der Waals surface area contributed by atoms with E-state index < -0.39 is 5.91 Å². The minimum atomic E-state index is -0.540. The SMILES string of the molecule is C/C(=N\NC(=O)/C(N)=C/C(=N)C(C)(C)C)c1ccc(Cl)cc1. The summed E-state index contributed by atoms with van der Waals surface area (Å²) >= 11 is 5.82. The number of allylic oxidation sites excluding steroid dienone is 1. The summed E-state index contributed by atoms with van der Waals surface area (Å²) in [6.07, 6.45) is 1.35. The summed E-state index contributed by atoms with van der Waals surface area (Å²) in [5.41, 5.74) is 9.39. The zero-order valence-corrected chi connectivity index (χ0v) is 14.0. The Morgan fingerprint density at radius 2 is 1.86 bits per heavy atom. The van der Waals surface area contributed by atoms with Crippen LogP contribution in [0.1, 0.15) is 33.3 Å². The molecule has 4 N–H and O–H groups in total. The van der Waals surface area contributed by atoms with Crippen LogP contribution in [0.3, 0.4) is 0 Å². The van der Waals surface area contributed by atoms with Crippen LogP contribution in [-0.4, -0.2) is 17.3 Å². The molecule has 0 unspecified atom stereocenters. The van der Waals surface area contributed by atoms with E-state index >= 15 is 0 Å². The van der Waals surface area contributed by atoms with Crippen LogP contribution >= 0.6 is 11.6 Å². The molecule has 0 aliphatic carbocycles. The second-order valence-electron chi connectivity index (χ2n) is 5.91. The van der Waals surface area contributed by atoms with Gasteiger partial charge in [-0.3, -0.25) is 4.79 Å². The standard InChI is InChI=1S/C16H21ClN4O/c1-10(11-5-7-12(17)8-6-11)20-21-15(22)13(18)9-14(19)16(2,3)4/h5-9,19H,18H2,1-4H3,(H,21,22)/b13-9-,19-14?,20-10+. The Bertz CT molecular complexity index is 625. The molecule has 0 fully saturated rings. The summed E-state index contributed by atoms with van der Waals surface area (Å²) < 4.78 is 0. The summed E-state index contributed by atoms with van der Waals surface area (Å²) in [6.45, 7) is 7.39. The van der Waals surface area contributed by atoms with Gasteiger partial charge >= 0.3 is 0 Å². The number of rotatable bonds is 4. The lowest BCUT2D eigenvalue weighted by Crippen LogP contribution is -2.27. The number of hydrazone groups is 1. The molecule has 0 saturated heterocycles. The molecule has 0 aromatic heterocycles. The number of hydrogen-bond acceptors (Lipinski definition) is 4. The Labute approximate surface area is 135 Å². The molecule has 0 saturated carbocycles. The van der Waals surface area contributed by atoms with E-state index in [1.165, 1.54) is 6.08 Å². The van der Waals surface area contributed by atoms with Crippen molar-refractivity contribution in [2.45, 2.75) is 27.7 Å². The summed E-state index contributed by atoms with van der Waals surface area (Å²) in [4.78, 5) is 11.9. The fourth-order valence-electron chi connectivity index (χ4n) is 1.39. The van der Waals surface area contributed by atoms with E-state index in [-0.39, 0.29) is 16.8 Å². The molecule has 5 nitrogen and oxygen atoms in total. The molecule has 0 spiro atoms. The normalized spacial score (nSPS) is 13.0. The molecule has 1 aromatic rings. The number of hydrogen-bond donors (Lipinski definition) is 3. The van der Waals surface area contributed by atoms with Gasteiger partial charge in [0.15, 0.2) is 0 Å². The third kappa shape index (κ3) is 5.33. The highest BCUT2D eigenvalue weighted by Gasteiger charge is 2.16. The number of nitrogens with zero attached hydrogens (tertiary/aromatic N) is 1. The van der Waals surface area contributed by atoms with Gasteiger partial charge in [0, 0.05) is 16.1 Å². The van der Waals surface area contributed by atoms with Crippen LogP contribution in [0.25, 0.3) is 0 Å². The Morgan fingerprint density at radius 1 is 1.32 bits per heavy atom. The first-order valence-electron chi connectivity index (χ1n) is 6.78. The molecule has 118 valence electrons. The number of nitrogens with one attached hydrogen (secondary N) is 2. The maximum Gasteiger partial charge on any atom is 0.287 e. The Morgan fingerprint density at radius 3 is 2.36 bits per heavy atom. The van der Waals surface area contributed by atoms with Gasteiger partial charge in [0.1, 0.15) is 5.70 Å². The molecule has 0 heterocycles. The second-order valence-corrected chi connectivity index (χ2v) is 6.34. The van der Waals surface area contributed by atoms with Crippen molar-refractivity contribution in [3.63, 3.8) is 0 Å².